The highest BCUT2D eigenvalue weighted by atomic mass is 16.6. The normalized spacial score (nSPS) is 22.2. The van der Waals surface area contributed by atoms with Crippen molar-refractivity contribution in [2.75, 3.05) is 13.2 Å². The number of epoxide rings is 1. The number of hydrogen-bond donors (Lipinski definition) is 0. The third kappa shape index (κ3) is 3.19. The summed E-state index contributed by atoms with van der Waals surface area (Å²) in [5, 5.41) is 0. The van der Waals surface area contributed by atoms with Crippen molar-refractivity contribution in [2.24, 2.45) is 5.92 Å². The van der Waals surface area contributed by atoms with E-state index in [1.165, 1.54) is 0 Å². The summed E-state index contributed by atoms with van der Waals surface area (Å²) in [6, 6.07) is 0. The zero-order valence-electron chi connectivity index (χ0n) is 8.21. The van der Waals surface area contributed by atoms with Crippen molar-refractivity contribution in [2.45, 2.75) is 26.4 Å². The van der Waals surface area contributed by atoms with E-state index in [2.05, 4.69) is 6.58 Å². The summed E-state index contributed by atoms with van der Waals surface area (Å²) >= 11 is 0. The lowest BCUT2D eigenvalue weighted by molar-refractivity contribution is -0.140. The molecule has 74 valence electrons. The van der Waals surface area contributed by atoms with Gasteiger partial charge in [-0.3, -0.25) is 0 Å². The molecule has 2 unspecified atom stereocenters. The molecule has 1 aliphatic rings. The van der Waals surface area contributed by atoms with Gasteiger partial charge >= 0.3 is 5.97 Å². The van der Waals surface area contributed by atoms with Gasteiger partial charge in [-0.1, -0.05) is 20.4 Å². The Morgan fingerprint density at radius 3 is 2.85 bits per heavy atom. The summed E-state index contributed by atoms with van der Waals surface area (Å²) in [5.41, 5.74) is 0.558. The van der Waals surface area contributed by atoms with Crippen molar-refractivity contribution in [1.29, 1.82) is 0 Å². The van der Waals surface area contributed by atoms with E-state index in [1.807, 2.05) is 13.8 Å². The number of carbonyl (C=O) groups is 1. The summed E-state index contributed by atoms with van der Waals surface area (Å²) < 4.78 is 9.91. The van der Waals surface area contributed by atoms with Crippen LogP contribution in [0.15, 0.2) is 12.2 Å². The zero-order valence-corrected chi connectivity index (χ0v) is 8.21. The number of carbonyl (C=O) groups excluding carboxylic acids is 1. The highest BCUT2D eigenvalue weighted by Crippen LogP contribution is 2.15. The van der Waals surface area contributed by atoms with Gasteiger partial charge in [-0.2, -0.15) is 0 Å². The first kappa shape index (κ1) is 10.3. The molecule has 0 aromatic rings. The van der Waals surface area contributed by atoms with Crippen molar-refractivity contribution in [1.82, 2.24) is 0 Å². The van der Waals surface area contributed by atoms with Crippen LogP contribution in [0.4, 0.5) is 0 Å². The first-order chi connectivity index (χ1) is 6.15. The molecule has 3 heteroatoms. The lowest BCUT2D eigenvalue weighted by Crippen LogP contribution is -2.15. The molecule has 0 saturated carbocycles. The van der Waals surface area contributed by atoms with Gasteiger partial charge in [0, 0.05) is 5.57 Å². The van der Waals surface area contributed by atoms with Gasteiger partial charge in [0.15, 0.2) is 0 Å². The van der Waals surface area contributed by atoms with Crippen molar-refractivity contribution >= 4 is 5.97 Å². The van der Waals surface area contributed by atoms with Crippen LogP contribution in [0.25, 0.3) is 0 Å². The molecular weight excluding hydrogens is 168 g/mol. The predicted molar refractivity (Wildman–Crippen MR) is 49.3 cm³/mol. The molecule has 1 aliphatic heterocycles. The van der Waals surface area contributed by atoms with Crippen LogP contribution in [0.3, 0.4) is 0 Å². The topological polar surface area (TPSA) is 38.8 Å². The van der Waals surface area contributed by atoms with E-state index in [9.17, 15) is 4.79 Å². The Kier molecular flexibility index (Phi) is 3.48. The van der Waals surface area contributed by atoms with Crippen LogP contribution in [0.2, 0.25) is 0 Å². The first-order valence-electron chi connectivity index (χ1n) is 4.62. The Morgan fingerprint density at radius 2 is 2.38 bits per heavy atom. The fourth-order valence-corrected chi connectivity index (χ4v) is 0.873. The van der Waals surface area contributed by atoms with Crippen molar-refractivity contribution in [3.05, 3.63) is 12.2 Å². The Balaban J connectivity index is 2.24. The number of esters is 1. The molecular formula is C10H16O3. The third-order valence-corrected chi connectivity index (χ3v) is 2.27. The highest BCUT2D eigenvalue weighted by molar-refractivity contribution is 5.88. The largest absolute Gasteiger partial charge is 0.459 e. The van der Waals surface area contributed by atoms with Gasteiger partial charge in [0.2, 0.25) is 0 Å². The Morgan fingerprint density at radius 1 is 1.77 bits per heavy atom. The smallest absolute Gasteiger partial charge is 0.333 e. The number of rotatable bonds is 5. The maximum atomic E-state index is 11.3. The van der Waals surface area contributed by atoms with Crippen LogP contribution in [0.1, 0.15) is 20.3 Å². The summed E-state index contributed by atoms with van der Waals surface area (Å²) in [4.78, 5) is 11.3. The van der Waals surface area contributed by atoms with Crippen molar-refractivity contribution in [3.63, 3.8) is 0 Å². The summed E-state index contributed by atoms with van der Waals surface area (Å²) in [6.45, 7) is 8.78. The Bertz CT molecular complexity index is 206. The monoisotopic (exact) mass is 184 g/mol. The standard InChI is InChI=1S/C10H16O3/c1-4-7(2)8(3)10(11)13-6-9-5-12-9/h7,9H,3-6H2,1-2H3. The molecule has 0 spiro atoms. The maximum absolute atomic E-state index is 11.3. The van der Waals surface area contributed by atoms with Gasteiger partial charge < -0.3 is 9.47 Å². The minimum atomic E-state index is -0.287. The SMILES string of the molecule is C=C(C(=O)OCC1CO1)C(C)CC. The second-order valence-corrected chi connectivity index (χ2v) is 3.39. The lowest BCUT2D eigenvalue weighted by Gasteiger charge is -2.10. The van der Waals surface area contributed by atoms with Crippen molar-refractivity contribution < 1.29 is 14.3 Å². The van der Waals surface area contributed by atoms with Gasteiger partial charge in [0.25, 0.3) is 0 Å². The molecule has 0 radical (unpaired) electrons. The van der Waals surface area contributed by atoms with Crippen LogP contribution < -0.4 is 0 Å². The first-order valence-corrected chi connectivity index (χ1v) is 4.62. The Labute approximate surface area is 78.7 Å². The molecule has 2 atom stereocenters. The van der Waals surface area contributed by atoms with E-state index in [4.69, 9.17) is 9.47 Å². The second kappa shape index (κ2) is 4.42. The van der Waals surface area contributed by atoms with E-state index in [1.54, 1.807) is 0 Å². The fourth-order valence-electron chi connectivity index (χ4n) is 0.873. The average Bonchev–Trinajstić information content (AvgIpc) is 2.95. The van der Waals surface area contributed by atoms with E-state index < -0.39 is 0 Å². The van der Waals surface area contributed by atoms with Crippen LogP contribution in [-0.2, 0) is 14.3 Å². The molecule has 0 aliphatic carbocycles. The molecule has 1 saturated heterocycles. The predicted octanol–water partition coefficient (Wildman–Crippen LogP) is 1.53. The van der Waals surface area contributed by atoms with E-state index >= 15 is 0 Å². The van der Waals surface area contributed by atoms with Gasteiger partial charge in [0.1, 0.15) is 12.7 Å². The lowest BCUT2D eigenvalue weighted by atomic mass is 10.0. The fraction of sp³-hybridized carbons (Fsp3) is 0.700. The van der Waals surface area contributed by atoms with Gasteiger partial charge in [0.05, 0.1) is 6.61 Å². The zero-order chi connectivity index (χ0) is 9.84. The summed E-state index contributed by atoms with van der Waals surface area (Å²) in [5.74, 6) is -0.0857. The minimum absolute atomic E-state index is 0.133. The Hall–Kier alpha value is -0.830. The molecule has 0 aromatic heterocycles. The molecule has 0 N–H and O–H groups in total. The molecule has 13 heavy (non-hydrogen) atoms. The van der Waals surface area contributed by atoms with E-state index in [0.717, 1.165) is 6.42 Å². The van der Waals surface area contributed by atoms with Crippen LogP contribution >= 0.6 is 0 Å². The van der Waals surface area contributed by atoms with Crippen LogP contribution in [-0.4, -0.2) is 25.3 Å². The average molecular weight is 184 g/mol. The van der Waals surface area contributed by atoms with Gasteiger partial charge in [-0.15, -0.1) is 0 Å². The molecule has 0 bridgehead atoms. The van der Waals surface area contributed by atoms with E-state index in [0.29, 0.717) is 18.8 Å². The number of ether oxygens (including phenoxy) is 2. The van der Waals surface area contributed by atoms with Crippen LogP contribution in [0, 0.1) is 5.92 Å². The molecule has 0 aromatic carbocycles. The summed E-state index contributed by atoms with van der Waals surface area (Å²) in [7, 11) is 0. The maximum Gasteiger partial charge on any atom is 0.333 e. The minimum Gasteiger partial charge on any atom is -0.459 e. The quantitative estimate of drug-likeness (QED) is 0.369. The summed E-state index contributed by atoms with van der Waals surface area (Å²) in [6.07, 6.45) is 1.04. The number of hydrogen-bond acceptors (Lipinski definition) is 3. The van der Waals surface area contributed by atoms with Gasteiger partial charge in [-0.05, 0) is 12.3 Å². The molecule has 1 fully saturated rings. The van der Waals surface area contributed by atoms with Crippen molar-refractivity contribution in [3.8, 4) is 0 Å². The van der Waals surface area contributed by atoms with Crippen LogP contribution in [0.5, 0.6) is 0 Å². The van der Waals surface area contributed by atoms with E-state index in [-0.39, 0.29) is 18.0 Å². The second-order valence-electron chi connectivity index (χ2n) is 3.39. The molecule has 1 heterocycles. The third-order valence-electron chi connectivity index (χ3n) is 2.27. The molecule has 0 amide bonds. The van der Waals surface area contributed by atoms with Gasteiger partial charge in [-0.25, -0.2) is 4.79 Å². The molecule has 3 nitrogen and oxygen atoms in total. The molecule has 1 rings (SSSR count). The highest BCUT2D eigenvalue weighted by Gasteiger charge is 2.25.